The van der Waals surface area contributed by atoms with Crippen LogP contribution in [0.4, 0.5) is 0 Å². The number of H-pyrrole nitrogens is 1. The molecule has 1 saturated carbocycles. The van der Waals surface area contributed by atoms with E-state index in [0.717, 1.165) is 41.5 Å². The fourth-order valence-corrected chi connectivity index (χ4v) is 4.36. The number of fused-ring (bicyclic) bond motifs is 1. The molecule has 1 unspecified atom stereocenters. The van der Waals surface area contributed by atoms with Gasteiger partial charge < -0.3 is 14.8 Å². The topological polar surface area (TPSA) is 62.3 Å². The average molecular weight is 363 g/mol. The zero-order valence-corrected chi connectivity index (χ0v) is 15.8. The number of hydrogen-bond acceptors (Lipinski definition) is 2. The molecule has 1 aliphatic rings. The van der Waals surface area contributed by atoms with Crippen LogP contribution in [0, 0.1) is 13.8 Å². The highest BCUT2D eigenvalue weighted by molar-refractivity contribution is 5.90. The van der Waals surface area contributed by atoms with Crippen molar-refractivity contribution >= 4 is 16.9 Å². The van der Waals surface area contributed by atoms with Gasteiger partial charge >= 0.3 is 5.97 Å². The van der Waals surface area contributed by atoms with Gasteiger partial charge in [-0.2, -0.15) is 0 Å². The summed E-state index contributed by atoms with van der Waals surface area (Å²) < 4.78 is 6.62. The first-order valence-corrected chi connectivity index (χ1v) is 9.62. The third-order valence-corrected chi connectivity index (χ3v) is 5.73. The van der Waals surface area contributed by atoms with Gasteiger partial charge in [0.2, 0.25) is 0 Å². The number of aromatic amines is 1. The van der Waals surface area contributed by atoms with Crippen LogP contribution in [0.1, 0.15) is 58.6 Å². The third kappa shape index (κ3) is 3.32. The van der Waals surface area contributed by atoms with E-state index >= 15 is 0 Å². The van der Waals surface area contributed by atoms with Crippen LogP contribution in [0.5, 0.6) is 5.75 Å². The number of benzene rings is 2. The molecule has 0 saturated heterocycles. The van der Waals surface area contributed by atoms with Crippen LogP contribution < -0.4 is 4.74 Å². The van der Waals surface area contributed by atoms with Crippen LogP contribution in [0.2, 0.25) is 0 Å². The third-order valence-electron chi connectivity index (χ3n) is 5.73. The molecule has 2 N–H and O–H groups in total. The van der Waals surface area contributed by atoms with Crippen LogP contribution in [-0.4, -0.2) is 22.2 Å². The lowest BCUT2D eigenvalue weighted by Gasteiger charge is -2.33. The van der Waals surface area contributed by atoms with Crippen molar-refractivity contribution in [2.24, 2.45) is 0 Å². The number of hydrogen-bond donors (Lipinski definition) is 2. The molecule has 1 aliphatic carbocycles. The van der Waals surface area contributed by atoms with Crippen LogP contribution in [0.3, 0.4) is 0 Å². The second-order valence-electron chi connectivity index (χ2n) is 7.58. The molecule has 0 bridgehead atoms. The van der Waals surface area contributed by atoms with E-state index in [1.807, 2.05) is 18.3 Å². The standard InChI is InChI=1S/C23H25NO3/c1-14-13-15(2)22(19-11-12-24-21(14)19)27-20-6-4-3-5-18(20)16-7-9-17(10-8-16)23(25)26/h7-13,18,20,24H,3-6H2,1-2H3,(H,25,26)/t18?,20-/m1/s1. The predicted molar refractivity (Wildman–Crippen MR) is 107 cm³/mol. The number of ether oxygens (including phenoxy) is 1. The van der Waals surface area contributed by atoms with Gasteiger partial charge in [-0.25, -0.2) is 4.79 Å². The van der Waals surface area contributed by atoms with Crippen LogP contribution >= 0.6 is 0 Å². The Morgan fingerprint density at radius 1 is 1.07 bits per heavy atom. The maximum atomic E-state index is 11.1. The van der Waals surface area contributed by atoms with Gasteiger partial charge in [0.05, 0.1) is 11.1 Å². The average Bonchev–Trinajstić information content (AvgIpc) is 3.16. The first kappa shape index (κ1) is 17.7. The molecule has 0 spiro atoms. The summed E-state index contributed by atoms with van der Waals surface area (Å²) in [4.78, 5) is 14.4. The monoisotopic (exact) mass is 363 g/mol. The minimum atomic E-state index is -0.886. The minimum Gasteiger partial charge on any atom is -0.489 e. The molecular weight excluding hydrogens is 338 g/mol. The molecule has 0 radical (unpaired) electrons. The summed E-state index contributed by atoms with van der Waals surface area (Å²) in [6.45, 7) is 4.22. The van der Waals surface area contributed by atoms with Gasteiger partial charge in [0.25, 0.3) is 0 Å². The Bertz CT molecular complexity index is 971. The smallest absolute Gasteiger partial charge is 0.335 e. The number of nitrogens with one attached hydrogen (secondary N) is 1. The Hall–Kier alpha value is -2.75. The first-order chi connectivity index (χ1) is 13.0. The normalized spacial score (nSPS) is 19.9. The maximum Gasteiger partial charge on any atom is 0.335 e. The first-order valence-electron chi connectivity index (χ1n) is 9.62. The second-order valence-corrected chi connectivity index (χ2v) is 7.58. The number of carboxylic acid groups (broad SMARTS) is 1. The van der Waals surface area contributed by atoms with Gasteiger partial charge in [-0.05, 0) is 68.0 Å². The number of rotatable bonds is 4. The van der Waals surface area contributed by atoms with E-state index in [-0.39, 0.29) is 12.0 Å². The molecular formula is C23H25NO3. The summed E-state index contributed by atoms with van der Waals surface area (Å²) in [5.41, 5.74) is 5.01. The molecule has 4 nitrogen and oxygen atoms in total. The number of aromatic nitrogens is 1. The van der Waals surface area contributed by atoms with Crippen molar-refractivity contribution in [2.45, 2.75) is 51.6 Å². The molecule has 0 aliphatic heterocycles. The summed E-state index contributed by atoms with van der Waals surface area (Å²) in [5.74, 6) is 0.371. The molecule has 3 aromatic rings. The summed E-state index contributed by atoms with van der Waals surface area (Å²) in [5, 5.41) is 10.3. The molecule has 27 heavy (non-hydrogen) atoms. The molecule has 4 heteroatoms. The molecule has 1 fully saturated rings. The molecule has 1 heterocycles. The second kappa shape index (κ2) is 7.10. The predicted octanol–water partition coefficient (Wildman–Crippen LogP) is 5.59. The van der Waals surface area contributed by atoms with Crippen molar-refractivity contribution in [3.63, 3.8) is 0 Å². The van der Waals surface area contributed by atoms with Crippen molar-refractivity contribution in [3.8, 4) is 5.75 Å². The van der Waals surface area contributed by atoms with Crippen molar-refractivity contribution in [2.75, 3.05) is 0 Å². The number of carboxylic acids is 1. The quantitative estimate of drug-likeness (QED) is 0.635. The van der Waals surface area contributed by atoms with E-state index in [4.69, 9.17) is 9.84 Å². The fourth-order valence-electron chi connectivity index (χ4n) is 4.36. The zero-order chi connectivity index (χ0) is 19.0. The van der Waals surface area contributed by atoms with Crippen molar-refractivity contribution in [1.29, 1.82) is 0 Å². The molecule has 0 amide bonds. The Morgan fingerprint density at radius 3 is 2.56 bits per heavy atom. The van der Waals surface area contributed by atoms with Crippen LogP contribution in [0.25, 0.3) is 10.9 Å². The van der Waals surface area contributed by atoms with Crippen molar-refractivity contribution < 1.29 is 14.6 Å². The zero-order valence-electron chi connectivity index (χ0n) is 15.8. The molecule has 2 aromatic carbocycles. The highest BCUT2D eigenvalue weighted by Gasteiger charge is 2.29. The summed E-state index contributed by atoms with van der Waals surface area (Å²) in [6, 6.07) is 11.6. The highest BCUT2D eigenvalue weighted by Crippen LogP contribution is 2.39. The van der Waals surface area contributed by atoms with E-state index in [1.165, 1.54) is 17.5 Å². The van der Waals surface area contributed by atoms with Gasteiger partial charge in [-0.3, -0.25) is 0 Å². The molecule has 1 aromatic heterocycles. The number of carbonyl (C=O) groups is 1. The summed E-state index contributed by atoms with van der Waals surface area (Å²) >= 11 is 0. The van der Waals surface area contributed by atoms with Crippen molar-refractivity contribution in [1.82, 2.24) is 4.98 Å². The molecule has 140 valence electrons. The van der Waals surface area contributed by atoms with Crippen molar-refractivity contribution in [3.05, 3.63) is 64.8 Å². The Balaban J connectivity index is 1.66. The van der Waals surface area contributed by atoms with E-state index in [0.29, 0.717) is 5.56 Å². The van der Waals surface area contributed by atoms with E-state index in [1.54, 1.807) is 12.1 Å². The lowest BCUT2D eigenvalue weighted by molar-refractivity contribution is 0.0697. The van der Waals surface area contributed by atoms with E-state index in [2.05, 4.69) is 31.0 Å². The lowest BCUT2D eigenvalue weighted by Crippen LogP contribution is -2.29. The Kier molecular flexibility index (Phi) is 4.65. The van der Waals surface area contributed by atoms with Crippen LogP contribution in [0.15, 0.2) is 42.6 Å². The number of aryl methyl sites for hydroxylation is 2. The Morgan fingerprint density at radius 2 is 1.81 bits per heavy atom. The molecule has 2 atom stereocenters. The van der Waals surface area contributed by atoms with Gasteiger partial charge in [-0.1, -0.05) is 24.6 Å². The van der Waals surface area contributed by atoms with Gasteiger partial charge in [0.1, 0.15) is 11.9 Å². The SMILES string of the molecule is Cc1cc(C)c2[nH]ccc2c1O[C@@H]1CCCCC1c1ccc(C(=O)O)cc1. The number of aromatic carboxylic acids is 1. The van der Waals surface area contributed by atoms with Gasteiger partial charge in [0, 0.05) is 17.5 Å². The van der Waals surface area contributed by atoms with Gasteiger partial charge in [-0.15, -0.1) is 0 Å². The summed E-state index contributed by atoms with van der Waals surface area (Å²) in [7, 11) is 0. The van der Waals surface area contributed by atoms with Crippen LogP contribution in [-0.2, 0) is 0 Å². The summed E-state index contributed by atoms with van der Waals surface area (Å²) in [6.07, 6.45) is 6.50. The maximum absolute atomic E-state index is 11.1. The minimum absolute atomic E-state index is 0.105. The van der Waals surface area contributed by atoms with E-state index in [9.17, 15) is 4.79 Å². The fraction of sp³-hybridized carbons (Fsp3) is 0.348. The lowest BCUT2D eigenvalue weighted by atomic mass is 9.81. The largest absolute Gasteiger partial charge is 0.489 e. The van der Waals surface area contributed by atoms with E-state index < -0.39 is 5.97 Å². The highest BCUT2D eigenvalue weighted by atomic mass is 16.5. The van der Waals surface area contributed by atoms with Gasteiger partial charge in [0.15, 0.2) is 0 Å². The molecule has 4 rings (SSSR count). The Labute approximate surface area is 159 Å².